The van der Waals surface area contributed by atoms with Crippen molar-refractivity contribution in [3.05, 3.63) is 50.9 Å². The fourth-order valence-corrected chi connectivity index (χ4v) is 1.83. The lowest BCUT2D eigenvalue weighted by Crippen LogP contribution is -1.88. The number of halogens is 3. The lowest BCUT2D eigenvalue weighted by atomic mass is 10.3. The zero-order chi connectivity index (χ0) is 15.8. The Labute approximate surface area is 136 Å². The molecule has 0 aliphatic rings. The quantitative estimate of drug-likeness (QED) is 0.735. The van der Waals surface area contributed by atoms with Crippen LogP contribution < -0.4 is 4.74 Å². The molecule has 0 bridgehead atoms. The fourth-order valence-electron chi connectivity index (χ4n) is 1.17. The summed E-state index contributed by atoms with van der Waals surface area (Å²) < 4.78 is 4.79. The van der Waals surface area contributed by atoms with Crippen LogP contribution in [0.25, 0.3) is 0 Å². The minimum atomic E-state index is 0.240. The van der Waals surface area contributed by atoms with E-state index in [1.54, 1.807) is 0 Å². The number of ether oxygens (including phenoxy) is 1. The smallest absolute Gasteiger partial charge is 0.215 e. The minimum Gasteiger partial charge on any atom is -0.481 e. The highest BCUT2D eigenvalue weighted by Gasteiger charge is 1.99. The molecular formula is C13H7Cl3N4O. The highest BCUT2D eigenvalue weighted by molar-refractivity contribution is 6.32. The lowest BCUT2D eigenvalue weighted by Gasteiger charge is -1.97. The molecule has 0 aromatic carbocycles. The van der Waals surface area contributed by atoms with Gasteiger partial charge in [0.2, 0.25) is 5.88 Å². The summed E-state index contributed by atoms with van der Waals surface area (Å²) in [5.74, 6) is 0.356. The van der Waals surface area contributed by atoms with Crippen molar-refractivity contribution in [2.24, 2.45) is 0 Å². The Morgan fingerprint density at radius 1 is 0.857 bits per heavy atom. The van der Waals surface area contributed by atoms with Crippen LogP contribution in [0.1, 0.15) is 11.1 Å². The molecule has 2 aromatic heterocycles. The summed E-state index contributed by atoms with van der Waals surface area (Å²) >= 11 is 16.5. The van der Waals surface area contributed by atoms with Gasteiger partial charge in [0.25, 0.3) is 0 Å². The lowest BCUT2D eigenvalue weighted by molar-refractivity contribution is 0.398. The van der Waals surface area contributed by atoms with Crippen LogP contribution in [-0.2, 0) is 0 Å². The van der Waals surface area contributed by atoms with Gasteiger partial charge in [-0.1, -0.05) is 34.8 Å². The van der Waals surface area contributed by atoms with E-state index in [2.05, 4.69) is 9.97 Å². The maximum absolute atomic E-state index is 8.49. The SMILES string of the molecule is COc1cc(C#N)cc(Cl)n1.N#Cc1cc(Cl)nc(Cl)c1. The van der Waals surface area contributed by atoms with E-state index in [9.17, 15) is 0 Å². The highest BCUT2D eigenvalue weighted by atomic mass is 35.5. The predicted octanol–water partition coefficient (Wildman–Crippen LogP) is 3.88. The van der Waals surface area contributed by atoms with Gasteiger partial charge in [-0.15, -0.1) is 0 Å². The van der Waals surface area contributed by atoms with Gasteiger partial charge in [-0.3, -0.25) is 0 Å². The van der Waals surface area contributed by atoms with Crippen molar-refractivity contribution >= 4 is 34.8 Å². The normalized spacial score (nSPS) is 8.86. The first-order valence-corrected chi connectivity index (χ1v) is 6.46. The van der Waals surface area contributed by atoms with Gasteiger partial charge in [-0.05, 0) is 18.2 Å². The molecule has 8 heteroatoms. The summed E-state index contributed by atoms with van der Waals surface area (Å²) in [6.45, 7) is 0. The van der Waals surface area contributed by atoms with E-state index in [1.165, 1.54) is 31.4 Å². The average molecular weight is 342 g/mol. The van der Waals surface area contributed by atoms with E-state index in [-0.39, 0.29) is 15.5 Å². The van der Waals surface area contributed by atoms with E-state index >= 15 is 0 Å². The second-order valence-corrected chi connectivity index (χ2v) is 4.61. The van der Waals surface area contributed by atoms with Crippen LogP contribution in [0.5, 0.6) is 5.88 Å². The van der Waals surface area contributed by atoms with Gasteiger partial charge in [0, 0.05) is 6.07 Å². The van der Waals surface area contributed by atoms with Gasteiger partial charge in [0.1, 0.15) is 15.5 Å². The van der Waals surface area contributed by atoms with Crippen molar-refractivity contribution in [2.45, 2.75) is 0 Å². The van der Waals surface area contributed by atoms with Crippen LogP contribution in [0.2, 0.25) is 15.5 Å². The Bertz CT molecular complexity index is 702. The summed E-state index contributed by atoms with van der Waals surface area (Å²) in [6.07, 6.45) is 0. The summed E-state index contributed by atoms with van der Waals surface area (Å²) in [7, 11) is 1.47. The summed E-state index contributed by atoms with van der Waals surface area (Å²) in [6, 6.07) is 9.74. The molecule has 0 N–H and O–H groups in total. The summed E-state index contributed by atoms with van der Waals surface area (Å²) in [5.41, 5.74) is 0.867. The molecule has 0 saturated heterocycles. The molecular weight excluding hydrogens is 335 g/mol. The molecule has 0 aliphatic carbocycles. The van der Waals surface area contributed by atoms with E-state index in [4.69, 9.17) is 50.1 Å². The van der Waals surface area contributed by atoms with Crippen molar-refractivity contribution < 1.29 is 4.74 Å². The first-order valence-electron chi connectivity index (χ1n) is 5.33. The molecule has 0 radical (unpaired) electrons. The molecule has 0 fully saturated rings. The number of nitriles is 2. The number of rotatable bonds is 1. The van der Waals surface area contributed by atoms with Crippen LogP contribution in [0.3, 0.4) is 0 Å². The number of nitrogens with zero attached hydrogens (tertiary/aromatic N) is 4. The Balaban J connectivity index is 0.000000211. The topological polar surface area (TPSA) is 82.6 Å². The number of pyridine rings is 2. The number of hydrogen-bond acceptors (Lipinski definition) is 5. The van der Waals surface area contributed by atoms with E-state index in [0.717, 1.165) is 0 Å². The zero-order valence-electron chi connectivity index (χ0n) is 10.6. The predicted molar refractivity (Wildman–Crippen MR) is 79.5 cm³/mol. The van der Waals surface area contributed by atoms with Crippen molar-refractivity contribution in [3.8, 4) is 18.0 Å². The van der Waals surface area contributed by atoms with Gasteiger partial charge in [0.05, 0.1) is 30.4 Å². The van der Waals surface area contributed by atoms with Crippen LogP contribution in [0.15, 0.2) is 24.3 Å². The van der Waals surface area contributed by atoms with Crippen LogP contribution in [-0.4, -0.2) is 17.1 Å². The van der Waals surface area contributed by atoms with E-state index in [0.29, 0.717) is 17.0 Å². The van der Waals surface area contributed by atoms with Gasteiger partial charge < -0.3 is 4.74 Å². The van der Waals surface area contributed by atoms with Crippen molar-refractivity contribution in [1.82, 2.24) is 9.97 Å². The standard InChI is InChI=1S/C7H5ClN2O.C6H2Cl2N2/c1-11-7-3-5(4-9)2-6(8)10-7;7-5-1-4(3-9)2-6(8)10-5/h2-3H,1H3;1-2H. The van der Waals surface area contributed by atoms with Gasteiger partial charge >= 0.3 is 0 Å². The van der Waals surface area contributed by atoms with Crippen molar-refractivity contribution in [1.29, 1.82) is 10.5 Å². The highest BCUT2D eigenvalue weighted by Crippen LogP contribution is 2.15. The molecule has 5 nitrogen and oxygen atoms in total. The maximum Gasteiger partial charge on any atom is 0.215 e. The molecule has 0 spiro atoms. The monoisotopic (exact) mass is 340 g/mol. The number of aromatic nitrogens is 2. The van der Waals surface area contributed by atoms with Crippen LogP contribution in [0.4, 0.5) is 0 Å². The molecule has 0 atom stereocenters. The van der Waals surface area contributed by atoms with Gasteiger partial charge in [-0.2, -0.15) is 10.5 Å². The third kappa shape index (κ3) is 5.85. The molecule has 0 aliphatic heterocycles. The Hall–Kier alpha value is -2.05. The van der Waals surface area contributed by atoms with E-state index in [1.807, 2.05) is 12.1 Å². The molecule has 2 heterocycles. The molecule has 21 heavy (non-hydrogen) atoms. The summed E-state index contributed by atoms with van der Waals surface area (Å²) in [4.78, 5) is 7.45. The number of hydrogen-bond donors (Lipinski definition) is 0. The fraction of sp³-hybridized carbons (Fsp3) is 0.0769. The molecule has 2 aromatic rings. The first kappa shape index (κ1) is 17.0. The van der Waals surface area contributed by atoms with Crippen molar-refractivity contribution in [2.75, 3.05) is 7.11 Å². The number of methoxy groups -OCH3 is 1. The average Bonchev–Trinajstić information content (AvgIpc) is 2.46. The molecule has 0 saturated carbocycles. The van der Waals surface area contributed by atoms with Gasteiger partial charge in [-0.25, -0.2) is 9.97 Å². The third-order valence-electron chi connectivity index (χ3n) is 2.00. The third-order valence-corrected chi connectivity index (χ3v) is 2.58. The van der Waals surface area contributed by atoms with Gasteiger partial charge in [0.15, 0.2) is 0 Å². The second kappa shape index (κ2) is 8.28. The Morgan fingerprint density at radius 2 is 1.29 bits per heavy atom. The van der Waals surface area contributed by atoms with Crippen LogP contribution >= 0.6 is 34.8 Å². The zero-order valence-corrected chi connectivity index (χ0v) is 12.9. The first-order chi connectivity index (χ1) is 9.98. The molecule has 2 rings (SSSR count). The minimum absolute atomic E-state index is 0.240. The van der Waals surface area contributed by atoms with Crippen molar-refractivity contribution in [3.63, 3.8) is 0 Å². The molecule has 0 unspecified atom stereocenters. The Kier molecular flexibility index (Phi) is 6.71. The van der Waals surface area contributed by atoms with E-state index < -0.39 is 0 Å². The second-order valence-electron chi connectivity index (χ2n) is 3.45. The Morgan fingerprint density at radius 3 is 1.71 bits per heavy atom. The molecule has 106 valence electrons. The maximum atomic E-state index is 8.49. The molecule has 0 amide bonds. The van der Waals surface area contributed by atoms with Crippen LogP contribution in [0, 0.1) is 22.7 Å². The summed E-state index contributed by atoms with van der Waals surface area (Å²) in [5, 5.41) is 17.6. The largest absolute Gasteiger partial charge is 0.481 e.